The Morgan fingerprint density at radius 1 is 1.19 bits per heavy atom. The molecular weight excluding hydrogens is 368 g/mol. The van der Waals surface area contributed by atoms with Crippen LogP contribution in [-0.4, -0.2) is 37.5 Å². The number of thioether (sulfide) groups is 1. The van der Waals surface area contributed by atoms with Crippen LogP contribution in [0.2, 0.25) is 0 Å². The van der Waals surface area contributed by atoms with E-state index < -0.39 is 5.97 Å². The Morgan fingerprint density at radius 2 is 1.96 bits per heavy atom. The van der Waals surface area contributed by atoms with E-state index in [2.05, 4.69) is 15.4 Å². The van der Waals surface area contributed by atoms with E-state index in [1.165, 1.54) is 28.6 Å². The zero-order chi connectivity index (χ0) is 19.0. The van der Waals surface area contributed by atoms with Crippen molar-refractivity contribution < 1.29 is 14.7 Å². The Bertz CT molecular complexity index is 1090. The lowest BCUT2D eigenvalue weighted by molar-refractivity contribution is -0.113. The van der Waals surface area contributed by atoms with Crippen molar-refractivity contribution in [1.82, 2.24) is 14.8 Å². The number of hydrogen-bond donors (Lipinski definition) is 3. The van der Waals surface area contributed by atoms with Crippen molar-refractivity contribution in [2.75, 3.05) is 11.1 Å². The number of carbonyl (C=O) groups excluding carboxylic acids is 1. The molecule has 2 aromatic heterocycles. The predicted molar refractivity (Wildman–Crippen MR) is 101 cm³/mol. The van der Waals surface area contributed by atoms with Gasteiger partial charge in [-0.2, -0.15) is 5.10 Å². The van der Waals surface area contributed by atoms with Gasteiger partial charge in [0.1, 0.15) is 5.82 Å². The molecule has 27 heavy (non-hydrogen) atoms. The highest BCUT2D eigenvalue weighted by Crippen LogP contribution is 2.40. The number of benzene rings is 1. The third-order valence-corrected chi connectivity index (χ3v) is 5.48. The van der Waals surface area contributed by atoms with Crippen molar-refractivity contribution in [3.63, 3.8) is 0 Å². The van der Waals surface area contributed by atoms with Crippen molar-refractivity contribution in [1.29, 1.82) is 0 Å². The Hall–Kier alpha value is -3.33. The molecule has 1 aliphatic rings. The molecule has 1 aliphatic heterocycles. The number of H-pyrrole nitrogens is 1. The number of nitrogens with zero attached hydrogens (tertiary/aromatic N) is 2. The summed E-state index contributed by atoms with van der Waals surface area (Å²) >= 11 is 1.35. The van der Waals surface area contributed by atoms with Crippen LogP contribution in [0, 0.1) is 0 Å². The SMILES string of the molecule is O=C1CSC(c2ccc[nH]c2=O)c2cnn(-c3ccc(C(=O)O)cc3)c2N1. The second kappa shape index (κ2) is 6.76. The first-order valence-corrected chi connectivity index (χ1v) is 9.10. The molecule has 9 heteroatoms. The van der Waals surface area contributed by atoms with E-state index in [4.69, 9.17) is 5.11 Å². The fourth-order valence-corrected chi connectivity index (χ4v) is 4.04. The van der Waals surface area contributed by atoms with Crippen LogP contribution in [0.15, 0.2) is 53.6 Å². The minimum absolute atomic E-state index is 0.158. The van der Waals surface area contributed by atoms with Crippen molar-refractivity contribution >= 4 is 29.5 Å². The van der Waals surface area contributed by atoms with E-state index in [0.717, 1.165) is 0 Å². The molecular formula is C18H14N4O4S. The number of carboxylic acids is 1. The Kier molecular flexibility index (Phi) is 4.28. The van der Waals surface area contributed by atoms with Crippen LogP contribution in [0.1, 0.15) is 26.7 Å². The van der Waals surface area contributed by atoms with Gasteiger partial charge in [-0.25, -0.2) is 9.48 Å². The fourth-order valence-electron chi connectivity index (χ4n) is 2.93. The molecule has 3 N–H and O–H groups in total. The quantitative estimate of drug-likeness (QED) is 0.638. The Labute approximate surface area is 157 Å². The lowest BCUT2D eigenvalue weighted by Crippen LogP contribution is -2.15. The molecule has 1 unspecified atom stereocenters. The zero-order valence-corrected chi connectivity index (χ0v) is 14.7. The monoisotopic (exact) mass is 382 g/mol. The number of nitrogens with one attached hydrogen (secondary N) is 2. The summed E-state index contributed by atoms with van der Waals surface area (Å²) in [5.41, 5.74) is 1.80. The number of carboxylic acid groups (broad SMARTS) is 1. The summed E-state index contributed by atoms with van der Waals surface area (Å²) in [6.45, 7) is 0. The van der Waals surface area contributed by atoms with Crippen LogP contribution in [0.3, 0.4) is 0 Å². The summed E-state index contributed by atoms with van der Waals surface area (Å²) in [5.74, 6) is -0.540. The van der Waals surface area contributed by atoms with Gasteiger partial charge in [-0.05, 0) is 30.3 Å². The van der Waals surface area contributed by atoms with E-state index in [1.807, 2.05) is 0 Å². The van der Waals surface area contributed by atoms with Gasteiger partial charge in [-0.3, -0.25) is 9.59 Å². The van der Waals surface area contributed by atoms with Crippen molar-refractivity contribution in [3.8, 4) is 5.69 Å². The summed E-state index contributed by atoms with van der Waals surface area (Å²) < 4.78 is 1.54. The number of anilines is 1. The van der Waals surface area contributed by atoms with Gasteiger partial charge in [0.05, 0.1) is 28.5 Å². The normalized spacial score (nSPS) is 16.3. The molecule has 0 radical (unpaired) electrons. The Morgan fingerprint density at radius 3 is 2.67 bits per heavy atom. The maximum atomic E-state index is 12.2. The van der Waals surface area contributed by atoms with E-state index in [-0.39, 0.29) is 28.0 Å². The average molecular weight is 382 g/mol. The molecule has 1 amide bonds. The maximum Gasteiger partial charge on any atom is 0.335 e. The lowest BCUT2D eigenvalue weighted by atomic mass is 10.1. The summed E-state index contributed by atoms with van der Waals surface area (Å²) in [6, 6.07) is 9.65. The number of carbonyl (C=O) groups is 2. The molecule has 0 aliphatic carbocycles. The summed E-state index contributed by atoms with van der Waals surface area (Å²) in [4.78, 5) is 38.1. The maximum absolute atomic E-state index is 12.2. The van der Waals surface area contributed by atoms with Gasteiger partial charge in [0, 0.05) is 17.3 Å². The minimum Gasteiger partial charge on any atom is -0.478 e. The van der Waals surface area contributed by atoms with Crippen LogP contribution in [-0.2, 0) is 4.79 Å². The fraction of sp³-hybridized carbons (Fsp3) is 0.111. The molecule has 0 fully saturated rings. The lowest BCUT2D eigenvalue weighted by Gasteiger charge is -2.13. The molecule has 0 saturated heterocycles. The molecule has 136 valence electrons. The number of aromatic carboxylic acids is 1. The highest BCUT2D eigenvalue weighted by molar-refractivity contribution is 8.00. The van der Waals surface area contributed by atoms with Crippen LogP contribution in [0.4, 0.5) is 5.82 Å². The molecule has 1 aromatic carbocycles. The Balaban J connectivity index is 1.82. The zero-order valence-electron chi connectivity index (χ0n) is 13.9. The van der Waals surface area contributed by atoms with E-state index in [0.29, 0.717) is 22.6 Å². The molecule has 1 atom stereocenters. The van der Waals surface area contributed by atoms with Crippen molar-refractivity contribution in [2.45, 2.75) is 5.25 Å². The third kappa shape index (κ3) is 3.13. The van der Waals surface area contributed by atoms with Gasteiger partial charge in [0.15, 0.2) is 0 Å². The number of pyridine rings is 1. The van der Waals surface area contributed by atoms with Gasteiger partial charge >= 0.3 is 5.97 Å². The van der Waals surface area contributed by atoms with Crippen LogP contribution in [0.25, 0.3) is 5.69 Å². The molecule has 0 bridgehead atoms. The second-order valence-corrected chi connectivity index (χ2v) is 7.00. The topological polar surface area (TPSA) is 117 Å². The van der Waals surface area contributed by atoms with E-state index >= 15 is 0 Å². The number of fused-ring (bicyclic) bond motifs is 1. The molecule has 8 nitrogen and oxygen atoms in total. The van der Waals surface area contributed by atoms with E-state index in [9.17, 15) is 14.4 Å². The first-order valence-electron chi connectivity index (χ1n) is 8.05. The molecule has 4 rings (SSSR count). The van der Waals surface area contributed by atoms with Crippen LogP contribution < -0.4 is 10.9 Å². The minimum atomic E-state index is -1.02. The van der Waals surface area contributed by atoms with Gasteiger partial charge in [0.2, 0.25) is 5.91 Å². The average Bonchev–Trinajstić information content (AvgIpc) is 2.99. The molecule has 0 spiro atoms. The first-order chi connectivity index (χ1) is 13.0. The largest absolute Gasteiger partial charge is 0.478 e. The van der Waals surface area contributed by atoms with Gasteiger partial charge in [-0.15, -0.1) is 11.8 Å². The highest BCUT2D eigenvalue weighted by atomic mass is 32.2. The number of aromatic amines is 1. The number of amides is 1. The smallest absolute Gasteiger partial charge is 0.335 e. The summed E-state index contributed by atoms with van der Waals surface area (Å²) in [7, 11) is 0. The number of aromatic nitrogens is 3. The third-order valence-electron chi connectivity index (χ3n) is 4.21. The van der Waals surface area contributed by atoms with Crippen molar-refractivity contribution in [3.05, 3.63) is 75.8 Å². The van der Waals surface area contributed by atoms with Gasteiger partial charge in [0.25, 0.3) is 5.56 Å². The summed E-state index contributed by atoms with van der Waals surface area (Å²) in [6.07, 6.45) is 3.18. The molecule has 3 heterocycles. The summed E-state index contributed by atoms with van der Waals surface area (Å²) in [5, 5.41) is 15.9. The highest BCUT2D eigenvalue weighted by Gasteiger charge is 2.29. The van der Waals surface area contributed by atoms with Crippen molar-refractivity contribution in [2.24, 2.45) is 0 Å². The number of rotatable bonds is 3. The van der Waals surface area contributed by atoms with Crippen LogP contribution >= 0.6 is 11.8 Å². The van der Waals surface area contributed by atoms with Crippen LogP contribution in [0.5, 0.6) is 0 Å². The predicted octanol–water partition coefficient (Wildman–Crippen LogP) is 2.03. The first kappa shape index (κ1) is 17.1. The van der Waals surface area contributed by atoms with Gasteiger partial charge < -0.3 is 15.4 Å². The van der Waals surface area contributed by atoms with Gasteiger partial charge in [-0.1, -0.05) is 6.07 Å². The standard InChI is InChI=1S/C18H14N4O4S/c23-14-9-27-15(12-2-1-7-19-17(12)24)13-8-20-22(16(13)21-14)11-5-3-10(4-6-11)18(25)26/h1-8,15H,9H2,(H,19,24)(H,21,23)(H,25,26). The molecule has 3 aromatic rings. The number of hydrogen-bond acceptors (Lipinski definition) is 5. The van der Waals surface area contributed by atoms with E-state index in [1.54, 1.807) is 36.7 Å². The second-order valence-electron chi connectivity index (χ2n) is 5.91. The molecule has 0 saturated carbocycles.